The highest BCUT2D eigenvalue weighted by molar-refractivity contribution is 7.00. The SMILES string of the molecule is CN(Cc1ccc2nsnc2c1)C(=O)[C@@H](c1cccnc1)N1CCOCC1. The van der Waals surface area contributed by atoms with Gasteiger partial charge in [-0.3, -0.25) is 14.7 Å². The van der Waals surface area contributed by atoms with E-state index >= 15 is 0 Å². The molecule has 3 aromatic rings. The van der Waals surface area contributed by atoms with E-state index in [1.54, 1.807) is 17.3 Å². The van der Waals surface area contributed by atoms with E-state index in [2.05, 4.69) is 18.6 Å². The Labute approximate surface area is 161 Å². The number of benzene rings is 1. The quantitative estimate of drug-likeness (QED) is 0.672. The molecule has 7 nitrogen and oxygen atoms in total. The zero-order chi connectivity index (χ0) is 18.6. The second-order valence-corrected chi connectivity index (χ2v) is 7.15. The van der Waals surface area contributed by atoms with E-state index in [1.807, 2.05) is 37.4 Å². The molecule has 0 saturated carbocycles. The maximum absolute atomic E-state index is 13.4. The average molecular weight is 383 g/mol. The molecule has 8 heteroatoms. The maximum atomic E-state index is 13.4. The minimum Gasteiger partial charge on any atom is -0.379 e. The fourth-order valence-electron chi connectivity index (χ4n) is 3.37. The summed E-state index contributed by atoms with van der Waals surface area (Å²) < 4.78 is 14.0. The summed E-state index contributed by atoms with van der Waals surface area (Å²) in [6.45, 7) is 3.26. The minimum atomic E-state index is -0.350. The summed E-state index contributed by atoms with van der Waals surface area (Å²) in [5, 5.41) is 0. The third-order valence-electron chi connectivity index (χ3n) is 4.76. The van der Waals surface area contributed by atoms with Crippen molar-refractivity contribution in [2.75, 3.05) is 33.4 Å². The molecule has 27 heavy (non-hydrogen) atoms. The summed E-state index contributed by atoms with van der Waals surface area (Å²) in [6.07, 6.45) is 3.50. The normalized spacial score (nSPS) is 16.3. The summed E-state index contributed by atoms with van der Waals surface area (Å²) in [6, 6.07) is 9.44. The standard InChI is InChI=1S/C19H21N5O2S/c1-23(13-14-4-5-16-17(11-14)22-27-21-16)19(25)18(15-3-2-6-20-12-15)24-7-9-26-10-8-24/h2-6,11-12,18H,7-10,13H2,1H3/t18-/m1/s1. The molecule has 1 aliphatic heterocycles. The van der Waals surface area contributed by atoms with Gasteiger partial charge in [0.25, 0.3) is 0 Å². The van der Waals surface area contributed by atoms with Gasteiger partial charge < -0.3 is 9.64 Å². The van der Waals surface area contributed by atoms with Crippen molar-refractivity contribution >= 4 is 28.7 Å². The molecule has 1 atom stereocenters. The summed E-state index contributed by atoms with van der Waals surface area (Å²) in [4.78, 5) is 21.5. The van der Waals surface area contributed by atoms with E-state index in [0.29, 0.717) is 19.8 Å². The van der Waals surface area contributed by atoms with Crippen LogP contribution >= 0.6 is 11.7 Å². The molecule has 1 aliphatic rings. The van der Waals surface area contributed by atoms with Crippen molar-refractivity contribution in [3.63, 3.8) is 0 Å². The average Bonchev–Trinajstić information content (AvgIpc) is 3.17. The first-order valence-electron chi connectivity index (χ1n) is 8.90. The van der Waals surface area contributed by atoms with E-state index in [1.165, 1.54) is 11.7 Å². The predicted octanol–water partition coefficient (Wildman–Crippen LogP) is 2.12. The van der Waals surface area contributed by atoms with Crippen LogP contribution in [0.1, 0.15) is 17.2 Å². The van der Waals surface area contributed by atoms with Gasteiger partial charge in [0.05, 0.1) is 24.9 Å². The zero-order valence-corrected chi connectivity index (χ0v) is 15.9. The molecule has 0 radical (unpaired) electrons. The molecule has 0 unspecified atom stereocenters. The molecule has 1 saturated heterocycles. The van der Waals surface area contributed by atoms with Crippen LogP contribution in [0.3, 0.4) is 0 Å². The third kappa shape index (κ3) is 3.97. The predicted molar refractivity (Wildman–Crippen MR) is 103 cm³/mol. The Morgan fingerprint density at radius 1 is 1.26 bits per heavy atom. The molecule has 140 valence electrons. The molecule has 0 aliphatic carbocycles. The highest BCUT2D eigenvalue weighted by Gasteiger charge is 2.31. The summed E-state index contributed by atoms with van der Waals surface area (Å²) in [5.41, 5.74) is 3.71. The van der Waals surface area contributed by atoms with Crippen LogP contribution in [0.2, 0.25) is 0 Å². The number of fused-ring (bicyclic) bond motifs is 1. The Balaban J connectivity index is 1.55. The Morgan fingerprint density at radius 2 is 2.07 bits per heavy atom. The van der Waals surface area contributed by atoms with Gasteiger partial charge in [0, 0.05) is 39.1 Å². The monoisotopic (exact) mass is 383 g/mol. The molecule has 1 aromatic carbocycles. The van der Waals surface area contributed by atoms with Crippen molar-refractivity contribution in [3.8, 4) is 0 Å². The fourth-order valence-corrected chi connectivity index (χ4v) is 3.89. The minimum absolute atomic E-state index is 0.0569. The van der Waals surface area contributed by atoms with Gasteiger partial charge in [-0.1, -0.05) is 12.1 Å². The number of carbonyl (C=O) groups is 1. The zero-order valence-electron chi connectivity index (χ0n) is 15.1. The number of pyridine rings is 1. The number of ether oxygens (including phenoxy) is 1. The molecular formula is C19H21N5O2S. The van der Waals surface area contributed by atoms with Gasteiger partial charge in [-0.25, -0.2) is 0 Å². The van der Waals surface area contributed by atoms with Crippen LogP contribution in [0.5, 0.6) is 0 Å². The molecule has 3 heterocycles. The summed E-state index contributed by atoms with van der Waals surface area (Å²) in [5.74, 6) is 0.0569. The number of hydrogen-bond donors (Lipinski definition) is 0. The second kappa shape index (κ2) is 8.08. The van der Waals surface area contributed by atoms with Crippen molar-refractivity contribution in [1.82, 2.24) is 23.5 Å². The van der Waals surface area contributed by atoms with E-state index < -0.39 is 0 Å². The van der Waals surface area contributed by atoms with E-state index in [4.69, 9.17) is 4.74 Å². The fraction of sp³-hybridized carbons (Fsp3) is 0.368. The van der Waals surface area contributed by atoms with Crippen LogP contribution in [0, 0.1) is 0 Å². The van der Waals surface area contributed by atoms with E-state index in [-0.39, 0.29) is 11.9 Å². The van der Waals surface area contributed by atoms with Crippen molar-refractivity contribution in [1.29, 1.82) is 0 Å². The lowest BCUT2D eigenvalue weighted by Crippen LogP contribution is -2.46. The number of morpholine rings is 1. The Morgan fingerprint density at radius 3 is 2.85 bits per heavy atom. The summed E-state index contributed by atoms with van der Waals surface area (Å²) in [7, 11) is 1.84. The Kier molecular flexibility index (Phi) is 5.38. The Bertz CT molecular complexity index is 911. The van der Waals surface area contributed by atoms with E-state index in [9.17, 15) is 4.79 Å². The molecule has 0 bridgehead atoms. The van der Waals surface area contributed by atoms with Gasteiger partial charge in [-0.05, 0) is 29.3 Å². The summed E-state index contributed by atoms with van der Waals surface area (Å²) >= 11 is 1.20. The highest BCUT2D eigenvalue weighted by Crippen LogP contribution is 2.24. The van der Waals surface area contributed by atoms with Crippen LogP contribution in [0.15, 0.2) is 42.7 Å². The van der Waals surface area contributed by atoms with Crippen molar-refractivity contribution in [2.24, 2.45) is 0 Å². The largest absolute Gasteiger partial charge is 0.379 e. The first-order valence-corrected chi connectivity index (χ1v) is 9.63. The molecule has 0 spiro atoms. The number of likely N-dealkylation sites (N-methyl/N-ethyl adjacent to an activating group) is 1. The van der Waals surface area contributed by atoms with Gasteiger partial charge >= 0.3 is 0 Å². The lowest BCUT2D eigenvalue weighted by molar-refractivity contribution is -0.138. The molecule has 2 aromatic heterocycles. The second-order valence-electron chi connectivity index (χ2n) is 6.62. The number of carbonyl (C=O) groups excluding carboxylic acids is 1. The molecule has 4 rings (SSSR count). The number of rotatable bonds is 5. The van der Waals surface area contributed by atoms with Crippen LogP contribution in [0.25, 0.3) is 11.0 Å². The van der Waals surface area contributed by atoms with Crippen LogP contribution < -0.4 is 0 Å². The topological polar surface area (TPSA) is 71.5 Å². The first kappa shape index (κ1) is 18.0. The van der Waals surface area contributed by atoms with Crippen molar-refractivity contribution in [2.45, 2.75) is 12.6 Å². The van der Waals surface area contributed by atoms with Gasteiger partial charge in [-0.15, -0.1) is 0 Å². The van der Waals surface area contributed by atoms with Gasteiger partial charge in [-0.2, -0.15) is 8.75 Å². The van der Waals surface area contributed by atoms with Gasteiger partial charge in [0.15, 0.2) is 0 Å². The lowest BCUT2D eigenvalue weighted by atomic mass is 10.0. The van der Waals surface area contributed by atoms with E-state index in [0.717, 1.165) is 35.2 Å². The highest BCUT2D eigenvalue weighted by atomic mass is 32.1. The number of aromatic nitrogens is 3. The number of nitrogens with zero attached hydrogens (tertiary/aromatic N) is 5. The van der Waals surface area contributed by atoms with Gasteiger partial charge in [0.2, 0.25) is 5.91 Å². The third-order valence-corrected chi connectivity index (χ3v) is 5.32. The number of hydrogen-bond acceptors (Lipinski definition) is 7. The van der Waals surface area contributed by atoms with Crippen LogP contribution in [-0.2, 0) is 16.1 Å². The van der Waals surface area contributed by atoms with Crippen molar-refractivity contribution < 1.29 is 9.53 Å². The molecule has 1 amide bonds. The maximum Gasteiger partial charge on any atom is 0.244 e. The van der Waals surface area contributed by atoms with Crippen molar-refractivity contribution in [3.05, 3.63) is 53.9 Å². The first-order chi connectivity index (χ1) is 13.2. The Hall–Kier alpha value is -2.42. The smallest absolute Gasteiger partial charge is 0.244 e. The number of amides is 1. The van der Waals surface area contributed by atoms with Gasteiger partial charge in [0.1, 0.15) is 17.1 Å². The molecule has 0 N–H and O–H groups in total. The van der Waals surface area contributed by atoms with Crippen LogP contribution in [-0.4, -0.2) is 62.8 Å². The molecular weight excluding hydrogens is 362 g/mol. The lowest BCUT2D eigenvalue weighted by Gasteiger charge is -2.35. The van der Waals surface area contributed by atoms with Crippen LogP contribution in [0.4, 0.5) is 0 Å². The molecule has 1 fully saturated rings.